The molecular formula is C16H20N6O. The van der Waals surface area contributed by atoms with Crippen LogP contribution in [-0.4, -0.2) is 40.0 Å². The van der Waals surface area contributed by atoms with Crippen LogP contribution in [0.2, 0.25) is 0 Å². The molecule has 3 aromatic rings. The van der Waals surface area contributed by atoms with Gasteiger partial charge in [-0.15, -0.1) is 0 Å². The van der Waals surface area contributed by atoms with Gasteiger partial charge in [0.2, 0.25) is 5.95 Å². The van der Waals surface area contributed by atoms with Gasteiger partial charge in [-0.2, -0.15) is 15.1 Å². The maximum absolute atomic E-state index is 5.05. The van der Waals surface area contributed by atoms with E-state index in [9.17, 15) is 0 Å². The highest BCUT2D eigenvalue weighted by atomic mass is 16.5. The molecule has 3 rings (SSSR count). The van der Waals surface area contributed by atoms with Crippen molar-refractivity contribution in [3.63, 3.8) is 0 Å². The second kappa shape index (κ2) is 6.62. The monoisotopic (exact) mass is 312 g/mol. The molecule has 0 saturated heterocycles. The van der Waals surface area contributed by atoms with Crippen molar-refractivity contribution < 1.29 is 4.74 Å². The lowest BCUT2D eigenvalue weighted by atomic mass is 10.2. The Balaban J connectivity index is 1.96. The Labute approximate surface area is 134 Å². The predicted octanol–water partition coefficient (Wildman–Crippen LogP) is 2.47. The lowest BCUT2D eigenvalue weighted by Crippen LogP contribution is -2.11. The summed E-state index contributed by atoms with van der Waals surface area (Å²) in [4.78, 5) is 9.08. The Bertz CT molecular complexity index is 813. The van der Waals surface area contributed by atoms with Crippen LogP contribution < -0.4 is 10.6 Å². The second-order valence-corrected chi connectivity index (χ2v) is 5.32. The summed E-state index contributed by atoms with van der Waals surface area (Å²) in [6.45, 7) is 3.29. The molecule has 0 amide bonds. The van der Waals surface area contributed by atoms with E-state index in [1.54, 1.807) is 18.0 Å². The number of anilines is 3. The maximum atomic E-state index is 5.05. The largest absolute Gasteiger partial charge is 0.383 e. The van der Waals surface area contributed by atoms with Gasteiger partial charge in [0.15, 0.2) is 5.65 Å². The quantitative estimate of drug-likeness (QED) is 0.681. The van der Waals surface area contributed by atoms with Crippen LogP contribution in [0.15, 0.2) is 30.5 Å². The summed E-state index contributed by atoms with van der Waals surface area (Å²) >= 11 is 0. The average molecular weight is 312 g/mol. The number of rotatable bonds is 6. The summed E-state index contributed by atoms with van der Waals surface area (Å²) in [5.41, 5.74) is 2.94. The molecule has 2 heterocycles. The van der Waals surface area contributed by atoms with Gasteiger partial charge in [0, 0.05) is 26.4 Å². The first-order valence-electron chi connectivity index (χ1n) is 7.43. The SMILES string of the molecule is COCCNc1nc(Nc2cccc(C)c2)c2cnn(C)c2n1. The topological polar surface area (TPSA) is 76.9 Å². The summed E-state index contributed by atoms with van der Waals surface area (Å²) in [5.74, 6) is 1.28. The van der Waals surface area contributed by atoms with Gasteiger partial charge in [-0.25, -0.2) is 0 Å². The van der Waals surface area contributed by atoms with Crippen molar-refractivity contribution >= 4 is 28.5 Å². The van der Waals surface area contributed by atoms with E-state index >= 15 is 0 Å². The Morgan fingerprint density at radius 1 is 1.26 bits per heavy atom. The van der Waals surface area contributed by atoms with Crippen molar-refractivity contribution in [2.45, 2.75) is 6.92 Å². The van der Waals surface area contributed by atoms with Crippen molar-refractivity contribution in [2.75, 3.05) is 30.9 Å². The van der Waals surface area contributed by atoms with E-state index in [0.717, 1.165) is 22.5 Å². The Kier molecular flexibility index (Phi) is 4.38. The highest BCUT2D eigenvalue weighted by Gasteiger charge is 2.11. The molecule has 7 nitrogen and oxygen atoms in total. The fourth-order valence-corrected chi connectivity index (χ4v) is 2.32. The summed E-state index contributed by atoms with van der Waals surface area (Å²) in [6.07, 6.45) is 1.77. The van der Waals surface area contributed by atoms with Crippen molar-refractivity contribution in [2.24, 2.45) is 7.05 Å². The van der Waals surface area contributed by atoms with Gasteiger partial charge < -0.3 is 15.4 Å². The summed E-state index contributed by atoms with van der Waals surface area (Å²) in [6, 6.07) is 8.15. The lowest BCUT2D eigenvalue weighted by Gasteiger charge is -2.10. The van der Waals surface area contributed by atoms with Crippen molar-refractivity contribution in [1.29, 1.82) is 0 Å². The average Bonchev–Trinajstić information content (AvgIpc) is 2.90. The van der Waals surface area contributed by atoms with Gasteiger partial charge in [0.1, 0.15) is 5.82 Å². The van der Waals surface area contributed by atoms with Crippen LogP contribution in [0.5, 0.6) is 0 Å². The third-order valence-electron chi connectivity index (χ3n) is 3.46. The Hall–Kier alpha value is -2.67. The minimum atomic E-state index is 0.549. The summed E-state index contributed by atoms with van der Waals surface area (Å²) < 4.78 is 6.78. The third kappa shape index (κ3) is 3.40. The molecule has 0 aliphatic rings. The van der Waals surface area contributed by atoms with Crippen LogP contribution >= 0.6 is 0 Å². The standard InChI is InChI=1S/C16H20N6O/c1-11-5-4-6-12(9-11)19-14-13-10-18-22(2)15(13)21-16(20-14)17-7-8-23-3/h4-6,9-10H,7-8H2,1-3H3,(H2,17,19,20,21). The molecule has 0 aliphatic carbocycles. The van der Waals surface area contributed by atoms with E-state index in [-0.39, 0.29) is 0 Å². The Morgan fingerprint density at radius 2 is 2.13 bits per heavy atom. The molecule has 0 fully saturated rings. The molecule has 0 saturated carbocycles. The smallest absolute Gasteiger partial charge is 0.226 e. The van der Waals surface area contributed by atoms with Gasteiger partial charge in [-0.05, 0) is 24.6 Å². The molecule has 0 aliphatic heterocycles. The first-order chi connectivity index (χ1) is 11.2. The van der Waals surface area contributed by atoms with E-state index in [1.807, 2.05) is 19.2 Å². The summed E-state index contributed by atoms with van der Waals surface area (Å²) in [5, 5.41) is 11.7. The first-order valence-corrected chi connectivity index (χ1v) is 7.43. The van der Waals surface area contributed by atoms with E-state index in [2.05, 4.69) is 44.8 Å². The van der Waals surface area contributed by atoms with Gasteiger partial charge in [0.25, 0.3) is 0 Å². The second-order valence-electron chi connectivity index (χ2n) is 5.32. The molecular weight excluding hydrogens is 292 g/mol. The van der Waals surface area contributed by atoms with E-state index < -0.39 is 0 Å². The number of nitrogens with one attached hydrogen (secondary N) is 2. The van der Waals surface area contributed by atoms with Gasteiger partial charge in [-0.3, -0.25) is 4.68 Å². The highest BCUT2D eigenvalue weighted by molar-refractivity contribution is 5.89. The minimum Gasteiger partial charge on any atom is -0.383 e. The molecule has 0 atom stereocenters. The number of methoxy groups -OCH3 is 1. The van der Waals surface area contributed by atoms with Crippen molar-refractivity contribution in [3.8, 4) is 0 Å². The molecule has 7 heteroatoms. The molecule has 1 aromatic carbocycles. The fraction of sp³-hybridized carbons (Fsp3) is 0.312. The van der Waals surface area contributed by atoms with Gasteiger partial charge in [-0.1, -0.05) is 12.1 Å². The highest BCUT2D eigenvalue weighted by Crippen LogP contribution is 2.25. The van der Waals surface area contributed by atoms with Crippen molar-refractivity contribution in [3.05, 3.63) is 36.0 Å². The number of aryl methyl sites for hydroxylation is 2. The molecule has 120 valence electrons. The molecule has 0 unspecified atom stereocenters. The number of fused-ring (bicyclic) bond motifs is 1. The van der Waals surface area contributed by atoms with Crippen molar-refractivity contribution in [1.82, 2.24) is 19.7 Å². The number of nitrogens with zero attached hydrogens (tertiary/aromatic N) is 4. The van der Waals surface area contributed by atoms with E-state index in [4.69, 9.17) is 4.74 Å². The zero-order valence-electron chi connectivity index (χ0n) is 13.5. The number of hydrogen-bond donors (Lipinski definition) is 2. The van der Waals surface area contributed by atoms with Gasteiger partial charge in [0.05, 0.1) is 18.2 Å². The lowest BCUT2D eigenvalue weighted by molar-refractivity contribution is 0.210. The van der Waals surface area contributed by atoms with Crippen LogP contribution in [0.3, 0.4) is 0 Å². The molecule has 23 heavy (non-hydrogen) atoms. The molecule has 2 N–H and O–H groups in total. The maximum Gasteiger partial charge on any atom is 0.226 e. The zero-order chi connectivity index (χ0) is 16.2. The molecule has 2 aromatic heterocycles. The van der Waals surface area contributed by atoms with Crippen LogP contribution in [0, 0.1) is 6.92 Å². The predicted molar refractivity (Wildman–Crippen MR) is 91.1 cm³/mol. The number of hydrogen-bond acceptors (Lipinski definition) is 6. The summed E-state index contributed by atoms with van der Waals surface area (Å²) in [7, 11) is 3.53. The normalized spacial score (nSPS) is 10.9. The minimum absolute atomic E-state index is 0.549. The van der Waals surface area contributed by atoms with E-state index in [0.29, 0.717) is 19.1 Å². The van der Waals surface area contributed by atoms with Crippen LogP contribution in [0.4, 0.5) is 17.5 Å². The zero-order valence-corrected chi connectivity index (χ0v) is 13.5. The van der Waals surface area contributed by atoms with Crippen LogP contribution in [-0.2, 0) is 11.8 Å². The Morgan fingerprint density at radius 3 is 2.91 bits per heavy atom. The fourth-order valence-electron chi connectivity index (χ4n) is 2.32. The van der Waals surface area contributed by atoms with Crippen LogP contribution in [0.1, 0.15) is 5.56 Å². The van der Waals surface area contributed by atoms with E-state index in [1.165, 1.54) is 5.56 Å². The number of ether oxygens (including phenoxy) is 1. The van der Waals surface area contributed by atoms with Crippen LogP contribution in [0.25, 0.3) is 11.0 Å². The molecule has 0 radical (unpaired) electrons. The third-order valence-corrected chi connectivity index (χ3v) is 3.46. The number of aromatic nitrogens is 4. The van der Waals surface area contributed by atoms with Gasteiger partial charge >= 0.3 is 0 Å². The first kappa shape index (κ1) is 15.2. The molecule has 0 bridgehead atoms. The molecule has 0 spiro atoms. The number of benzene rings is 1.